The minimum absolute atomic E-state index is 0.656. The van der Waals surface area contributed by atoms with Crippen LogP contribution in [0.15, 0.2) is 6.20 Å². The van der Waals surface area contributed by atoms with Crippen molar-refractivity contribution in [3.63, 3.8) is 0 Å². The minimum Gasteiger partial charge on any atom is -0.310 e. The second-order valence-electron chi connectivity index (χ2n) is 6.05. The Labute approximate surface area is 117 Å². The molecular weight excluding hydrogens is 236 g/mol. The lowest BCUT2D eigenvalue weighted by Gasteiger charge is -2.24. The van der Waals surface area contributed by atoms with E-state index in [0.29, 0.717) is 12.1 Å². The maximum Gasteiger partial charge on any atom is 0.0638 e. The predicted octanol–water partition coefficient (Wildman–Crippen LogP) is 2.08. The van der Waals surface area contributed by atoms with Gasteiger partial charge in [-0.15, -0.1) is 0 Å². The maximum absolute atomic E-state index is 4.40. The van der Waals surface area contributed by atoms with Crippen LogP contribution in [0.5, 0.6) is 0 Å². The molecule has 108 valence electrons. The van der Waals surface area contributed by atoms with E-state index in [1.807, 2.05) is 11.7 Å². The van der Waals surface area contributed by atoms with Crippen molar-refractivity contribution in [3.8, 4) is 0 Å². The van der Waals surface area contributed by atoms with Gasteiger partial charge in [-0.2, -0.15) is 5.10 Å². The van der Waals surface area contributed by atoms with Crippen LogP contribution in [0, 0.1) is 6.92 Å². The molecule has 1 N–H and O–H groups in total. The average molecular weight is 264 g/mol. The van der Waals surface area contributed by atoms with Gasteiger partial charge in [0.25, 0.3) is 0 Å². The van der Waals surface area contributed by atoms with E-state index < -0.39 is 0 Å². The fourth-order valence-electron chi connectivity index (χ4n) is 2.92. The summed E-state index contributed by atoms with van der Waals surface area (Å²) in [6.45, 7) is 10.1. The lowest BCUT2D eigenvalue weighted by Crippen LogP contribution is -2.33. The maximum atomic E-state index is 4.40. The molecule has 1 atom stereocenters. The zero-order valence-electron chi connectivity index (χ0n) is 12.8. The van der Waals surface area contributed by atoms with E-state index in [1.165, 1.54) is 37.9 Å². The zero-order valence-corrected chi connectivity index (χ0v) is 12.8. The Kier molecular flexibility index (Phi) is 4.99. The summed E-state index contributed by atoms with van der Waals surface area (Å²) in [4.78, 5) is 2.59. The Bertz CT molecular complexity index is 397. The highest BCUT2D eigenvalue weighted by atomic mass is 15.3. The van der Waals surface area contributed by atoms with Crippen molar-refractivity contribution in [2.75, 3.05) is 13.1 Å². The summed E-state index contributed by atoms with van der Waals surface area (Å²) in [5.41, 5.74) is 2.47. The van der Waals surface area contributed by atoms with Gasteiger partial charge in [-0.1, -0.05) is 0 Å². The lowest BCUT2D eigenvalue weighted by atomic mass is 10.1. The molecule has 0 saturated carbocycles. The molecule has 1 fully saturated rings. The number of rotatable bonds is 4. The number of hydrogen-bond donors (Lipinski definition) is 1. The van der Waals surface area contributed by atoms with Crippen LogP contribution in [-0.2, 0) is 13.6 Å². The van der Waals surface area contributed by atoms with Gasteiger partial charge >= 0.3 is 0 Å². The molecule has 0 bridgehead atoms. The third-order valence-corrected chi connectivity index (χ3v) is 4.19. The molecule has 19 heavy (non-hydrogen) atoms. The highest BCUT2D eigenvalue weighted by molar-refractivity contribution is 5.14. The first-order valence-corrected chi connectivity index (χ1v) is 7.53. The van der Waals surface area contributed by atoms with Crippen LogP contribution in [0.3, 0.4) is 0 Å². The fourth-order valence-corrected chi connectivity index (χ4v) is 2.92. The molecule has 2 rings (SSSR count). The lowest BCUT2D eigenvalue weighted by molar-refractivity contribution is 0.229. The molecule has 2 heterocycles. The predicted molar refractivity (Wildman–Crippen MR) is 79.1 cm³/mol. The molecular formula is C15H28N4. The van der Waals surface area contributed by atoms with Gasteiger partial charge in [-0.3, -0.25) is 4.68 Å². The smallest absolute Gasteiger partial charge is 0.0638 e. The van der Waals surface area contributed by atoms with E-state index in [-0.39, 0.29) is 0 Å². The van der Waals surface area contributed by atoms with Crippen LogP contribution < -0.4 is 5.32 Å². The molecule has 1 aliphatic heterocycles. The fraction of sp³-hybridized carbons (Fsp3) is 0.800. The summed E-state index contributed by atoms with van der Waals surface area (Å²) in [7, 11) is 1.99. The van der Waals surface area contributed by atoms with Crippen molar-refractivity contribution in [1.29, 1.82) is 0 Å². The SMILES string of the molecule is Cc1nn(C)cc1CNC1CCCN(C(C)C)CC1. The van der Waals surface area contributed by atoms with Gasteiger partial charge < -0.3 is 10.2 Å². The molecule has 0 aromatic carbocycles. The third kappa shape index (κ3) is 4.05. The first-order chi connectivity index (χ1) is 9.06. The van der Waals surface area contributed by atoms with E-state index in [4.69, 9.17) is 0 Å². The van der Waals surface area contributed by atoms with E-state index in [2.05, 4.69) is 42.3 Å². The number of aryl methyl sites for hydroxylation is 2. The normalized spacial score (nSPS) is 21.8. The number of aromatic nitrogens is 2. The van der Waals surface area contributed by atoms with Crippen LogP contribution in [0.25, 0.3) is 0 Å². The van der Waals surface area contributed by atoms with Crippen LogP contribution in [0.2, 0.25) is 0 Å². The molecule has 4 heteroatoms. The average Bonchev–Trinajstić information content (AvgIpc) is 2.56. The van der Waals surface area contributed by atoms with Gasteiger partial charge in [0.1, 0.15) is 0 Å². The van der Waals surface area contributed by atoms with Gasteiger partial charge in [0.15, 0.2) is 0 Å². The highest BCUT2D eigenvalue weighted by Crippen LogP contribution is 2.14. The van der Waals surface area contributed by atoms with Gasteiger partial charge in [-0.05, 0) is 53.1 Å². The summed E-state index contributed by atoms with van der Waals surface area (Å²) < 4.78 is 1.90. The molecule has 1 aliphatic rings. The summed E-state index contributed by atoms with van der Waals surface area (Å²) in [5.74, 6) is 0. The molecule has 0 spiro atoms. The number of likely N-dealkylation sites (tertiary alicyclic amines) is 1. The monoisotopic (exact) mass is 264 g/mol. The number of hydrogen-bond acceptors (Lipinski definition) is 3. The van der Waals surface area contributed by atoms with Crippen LogP contribution >= 0.6 is 0 Å². The number of nitrogens with one attached hydrogen (secondary N) is 1. The van der Waals surface area contributed by atoms with E-state index >= 15 is 0 Å². The summed E-state index contributed by atoms with van der Waals surface area (Å²) in [6, 6.07) is 1.34. The van der Waals surface area contributed by atoms with Gasteiger partial charge in [0.05, 0.1) is 5.69 Å². The van der Waals surface area contributed by atoms with Gasteiger partial charge in [-0.25, -0.2) is 0 Å². The Morgan fingerprint density at radius 3 is 2.79 bits per heavy atom. The topological polar surface area (TPSA) is 33.1 Å². The molecule has 4 nitrogen and oxygen atoms in total. The second-order valence-corrected chi connectivity index (χ2v) is 6.05. The molecule has 0 amide bonds. The van der Waals surface area contributed by atoms with E-state index in [9.17, 15) is 0 Å². The Morgan fingerprint density at radius 1 is 1.37 bits per heavy atom. The Hall–Kier alpha value is -0.870. The second kappa shape index (κ2) is 6.53. The Balaban J connectivity index is 1.82. The van der Waals surface area contributed by atoms with Crippen molar-refractivity contribution in [2.45, 2.75) is 58.7 Å². The molecule has 0 radical (unpaired) electrons. The standard InChI is InChI=1S/C15H28N4/c1-12(2)19-8-5-6-15(7-9-19)16-10-14-11-18(4)17-13(14)3/h11-12,15-16H,5-10H2,1-4H3. The van der Waals surface area contributed by atoms with Crippen molar-refractivity contribution < 1.29 is 0 Å². The zero-order chi connectivity index (χ0) is 13.8. The minimum atomic E-state index is 0.656. The molecule has 0 aliphatic carbocycles. The van der Waals surface area contributed by atoms with Crippen LogP contribution in [0.1, 0.15) is 44.4 Å². The van der Waals surface area contributed by atoms with Crippen molar-refractivity contribution in [1.82, 2.24) is 20.0 Å². The molecule has 1 saturated heterocycles. The molecule has 1 aromatic rings. The summed E-state index contributed by atoms with van der Waals surface area (Å²) in [6.07, 6.45) is 5.99. The molecule has 1 unspecified atom stereocenters. The largest absolute Gasteiger partial charge is 0.310 e. The molecule has 1 aromatic heterocycles. The Morgan fingerprint density at radius 2 is 2.16 bits per heavy atom. The van der Waals surface area contributed by atoms with Gasteiger partial charge in [0, 0.05) is 37.4 Å². The van der Waals surface area contributed by atoms with Crippen LogP contribution in [-0.4, -0.2) is 39.9 Å². The van der Waals surface area contributed by atoms with Crippen LogP contribution in [0.4, 0.5) is 0 Å². The quantitative estimate of drug-likeness (QED) is 0.904. The summed E-state index contributed by atoms with van der Waals surface area (Å²) in [5, 5.41) is 8.11. The number of nitrogens with zero attached hydrogens (tertiary/aromatic N) is 3. The van der Waals surface area contributed by atoms with E-state index in [0.717, 1.165) is 12.2 Å². The highest BCUT2D eigenvalue weighted by Gasteiger charge is 2.18. The van der Waals surface area contributed by atoms with Crippen molar-refractivity contribution >= 4 is 0 Å². The van der Waals surface area contributed by atoms with Gasteiger partial charge in [0.2, 0.25) is 0 Å². The van der Waals surface area contributed by atoms with Crippen molar-refractivity contribution in [3.05, 3.63) is 17.5 Å². The van der Waals surface area contributed by atoms with Crippen molar-refractivity contribution in [2.24, 2.45) is 7.05 Å². The first-order valence-electron chi connectivity index (χ1n) is 7.53. The third-order valence-electron chi connectivity index (χ3n) is 4.19. The first kappa shape index (κ1) is 14.5. The van der Waals surface area contributed by atoms with E-state index in [1.54, 1.807) is 0 Å². The summed E-state index contributed by atoms with van der Waals surface area (Å²) >= 11 is 0.